The number of fused-ring (bicyclic) bond motifs is 11. The van der Waals surface area contributed by atoms with E-state index in [0.29, 0.717) is 0 Å². The first-order valence-electron chi connectivity index (χ1n) is 23.0. The quantitative estimate of drug-likeness (QED) is 0.128. The molecule has 310 valence electrons. The van der Waals surface area contributed by atoms with Crippen molar-refractivity contribution in [1.29, 1.82) is 0 Å². The predicted octanol–water partition coefficient (Wildman–Crippen LogP) is 16.2. The second kappa shape index (κ2) is 14.6. The minimum Gasteiger partial charge on any atom is -0.254 e. The summed E-state index contributed by atoms with van der Waals surface area (Å²) >= 11 is 0. The molecule has 0 N–H and O–H groups in total. The van der Waals surface area contributed by atoms with Gasteiger partial charge in [0.25, 0.3) is 0 Å². The number of hydrogen-bond donors (Lipinski definition) is 0. The topological polar surface area (TPSA) is 38.7 Å². The largest absolute Gasteiger partial charge is 0.254 e. The molecule has 67 heavy (non-hydrogen) atoms. The summed E-state index contributed by atoms with van der Waals surface area (Å²) in [5.41, 5.74) is 16.6. The van der Waals surface area contributed by atoms with Crippen LogP contribution < -0.4 is 0 Å². The van der Waals surface area contributed by atoms with E-state index in [4.69, 9.17) is 15.0 Å². The van der Waals surface area contributed by atoms with Crippen molar-refractivity contribution in [3.05, 3.63) is 259 Å². The van der Waals surface area contributed by atoms with Crippen LogP contribution in [0.25, 0.3) is 110 Å². The lowest BCUT2D eigenvalue weighted by atomic mass is 9.67. The lowest BCUT2D eigenvalue weighted by molar-refractivity contribution is 0.769. The Morgan fingerprint density at radius 1 is 0.313 bits per heavy atom. The summed E-state index contributed by atoms with van der Waals surface area (Å²) in [4.78, 5) is 15.2. The fourth-order valence-corrected chi connectivity index (χ4v) is 11.6. The minimum atomic E-state index is -0.506. The van der Waals surface area contributed by atoms with E-state index in [9.17, 15) is 0 Å². The first-order chi connectivity index (χ1) is 33.3. The van der Waals surface area contributed by atoms with Gasteiger partial charge < -0.3 is 0 Å². The molecular weight excluding hydrogens is 811 g/mol. The Morgan fingerprint density at radius 2 is 0.896 bits per heavy atom. The Balaban J connectivity index is 1.03. The van der Waals surface area contributed by atoms with Crippen LogP contribution in [0.1, 0.15) is 22.3 Å². The number of rotatable bonds is 5. The zero-order valence-electron chi connectivity index (χ0n) is 36.4. The molecule has 3 aromatic heterocycles. The van der Waals surface area contributed by atoms with Gasteiger partial charge in [0.05, 0.1) is 27.7 Å². The van der Waals surface area contributed by atoms with E-state index >= 15 is 0 Å². The van der Waals surface area contributed by atoms with Gasteiger partial charge in [0, 0.05) is 39.5 Å². The molecule has 0 saturated heterocycles. The van der Waals surface area contributed by atoms with Crippen molar-refractivity contribution < 1.29 is 0 Å². The summed E-state index contributed by atoms with van der Waals surface area (Å²) in [6.45, 7) is 0. The van der Waals surface area contributed by atoms with E-state index in [1.165, 1.54) is 71.4 Å². The predicted molar refractivity (Wildman–Crippen MR) is 278 cm³/mol. The summed E-state index contributed by atoms with van der Waals surface area (Å²) in [6.07, 6.45) is 3.73. The average molecular weight is 850 g/mol. The van der Waals surface area contributed by atoms with Crippen molar-refractivity contribution in [1.82, 2.24) is 15.0 Å². The van der Waals surface area contributed by atoms with Crippen LogP contribution in [0, 0.1) is 0 Å². The molecule has 1 aliphatic carbocycles. The van der Waals surface area contributed by atoms with Gasteiger partial charge in [-0.15, -0.1) is 0 Å². The summed E-state index contributed by atoms with van der Waals surface area (Å²) in [5.74, 6) is 0. The Morgan fingerprint density at radius 3 is 1.63 bits per heavy atom. The van der Waals surface area contributed by atoms with E-state index < -0.39 is 5.41 Å². The molecule has 0 spiro atoms. The molecule has 0 bridgehead atoms. The molecule has 14 rings (SSSR count). The smallest absolute Gasteiger partial charge is 0.0970 e. The Hall–Kier alpha value is -8.79. The number of pyridine rings is 3. The van der Waals surface area contributed by atoms with E-state index in [1.54, 1.807) is 0 Å². The third-order valence-electron chi connectivity index (χ3n) is 14.4. The SMILES string of the molecule is c1ccc(C2(c3ccccc3)c3ccccc3-c3cc4c(-c5cccc(-c6c7ccccc7c(-c7cc8cccnc8c8ncccc78)c7ccccc67)c5)nc5ccccc5c4cc32)cc1. The van der Waals surface area contributed by atoms with Gasteiger partial charge in [0.2, 0.25) is 0 Å². The molecule has 0 atom stereocenters. The average Bonchev–Trinajstić information content (AvgIpc) is 3.69. The van der Waals surface area contributed by atoms with E-state index in [0.717, 1.165) is 60.5 Å². The molecule has 0 aliphatic heterocycles. The maximum atomic E-state index is 5.56. The van der Waals surface area contributed by atoms with Crippen molar-refractivity contribution in [2.24, 2.45) is 0 Å². The van der Waals surface area contributed by atoms with Gasteiger partial charge in [-0.3, -0.25) is 9.97 Å². The van der Waals surface area contributed by atoms with Crippen molar-refractivity contribution in [3.8, 4) is 44.6 Å². The van der Waals surface area contributed by atoms with Crippen LogP contribution >= 0.6 is 0 Å². The lowest BCUT2D eigenvalue weighted by Gasteiger charge is -2.34. The van der Waals surface area contributed by atoms with Gasteiger partial charge in [-0.2, -0.15) is 0 Å². The zero-order valence-corrected chi connectivity index (χ0v) is 36.4. The van der Waals surface area contributed by atoms with Crippen LogP contribution in [-0.4, -0.2) is 15.0 Å². The minimum absolute atomic E-state index is 0.506. The third kappa shape index (κ3) is 5.43. The molecule has 0 radical (unpaired) electrons. The number of benzene rings is 10. The highest BCUT2D eigenvalue weighted by Crippen LogP contribution is 2.58. The van der Waals surface area contributed by atoms with Gasteiger partial charge in [-0.05, 0) is 125 Å². The third-order valence-corrected chi connectivity index (χ3v) is 14.4. The van der Waals surface area contributed by atoms with Gasteiger partial charge in [0.1, 0.15) is 0 Å². The second-order valence-corrected chi connectivity index (χ2v) is 17.8. The molecule has 3 nitrogen and oxygen atoms in total. The normalized spacial score (nSPS) is 12.9. The number of aromatic nitrogens is 3. The van der Waals surface area contributed by atoms with E-state index in [-0.39, 0.29) is 0 Å². The molecular formula is C64H39N3. The second-order valence-electron chi connectivity index (χ2n) is 17.8. The van der Waals surface area contributed by atoms with Crippen molar-refractivity contribution >= 4 is 65.0 Å². The maximum Gasteiger partial charge on any atom is 0.0970 e. The van der Waals surface area contributed by atoms with Gasteiger partial charge in [-0.1, -0.05) is 182 Å². The standard InChI is InChI=1S/C64H39N3/c1-3-21-43(22-4-1)64(44-23-5-2-6-24-44)56-32-13-11-25-45(56)53-38-55-52(39-57(53)64)46-26-12-14-33-58(46)67-61(55)41-19-15-18-40(36-41)59-47-27-7-9-29-49(47)60(50-30-10-8-28-48(50)59)54-37-42-20-16-34-65-62(42)63-51(54)31-17-35-66-63/h1-39H. The fourth-order valence-electron chi connectivity index (χ4n) is 11.6. The molecule has 13 aromatic rings. The maximum absolute atomic E-state index is 5.56. The monoisotopic (exact) mass is 849 g/mol. The van der Waals surface area contributed by atoms with Crippen LogP contribution in [0.2, 0.25) is 0 Å². The van der Waals surface area contributed by atoms with Gasteiger partial charge >= 0.3 is 0 Å². The van der Waals surface area contributed by atoms with Crippen molar-refractivity contribution in [3.63, 3.8) is 0 Å². The Bertz CT molecular complexity index is 4060. The Labute approximate surface area is 387 Å². The molecule has 3 heterocycles. The molecule has 0 saturated carbocycles. The van der Waals surface area contributed by atoms with Gasteiger partial charge in [-0.25, -0.2) is 4.98 Å². The highest BCUT2D eigenvalue weighted by Gasteiger charge is 2.46. The number of para-hydroxylation sites is 1. The number of nitrogens with zero attached hydrogens (tertiary/aromatic N) is 3. The van der Waals surface area contributed by atoms with E-state index in [2.05, 4.69) is 212 Å². The molecule has 1 aliphatic rings. The Kier molecular flexibility index (Phi) is 8.20. The molecule has 0 fully saturated rings. The lowest BCUT2D eigenvalue weighted by Crippen LogP contribution is -2.28. The summed E-state index contributed by atoms with van der Waals surface area (Å²) in [7, 11) is 0. The van der Waals surface area contributed by atoms with Crippen LogP contribution in [0.4, 0.5) is 0 Å². The summed E-state index contributed by atoms with van der Waals surface area (Å²) < 4.78 is 0. The van der Waals surface area contributed by atoms with Crippen LogP contribution in [-0.2, 0) is 5.41 Å². The fraction of sp³-hybridized carbons (Fsp3) is 0.0156. The first-order valence-corrected chi connectivity index (χ1v) is 23.0. The molecule has 3 heteroatoms. The van der Waals surface area contributed by atoms with Crippen molar-refractivity contribution in [2.75, 3.05) is 0 Å². The summed E-state index contributed by atoms with van der Waals surface area (Å²) in [5, 5.41) is 10.4. The van der Waals surface area contributed by atoms with Crippen LogP contribution in [0.3, 0.4) is 0 Å². The van der Waals surface area contributed by atoms with Crippen molar-refractivity contribution in [2.45, 2.75) is 5.41 Å². The van der Waals surface area contributed by atoms with Crippen LogP contribution in [0.15, 0.2) is 237 Å². The molecule has 0 amide bonds. The highest BCUT2D eigenvalue weighted by atomic mass is 14.7. The molecule has 0 unspecified atom stereocenters. The molecule has 10 aromatic carbocycles. The van der Waals surface area contributed by atoms with Crippen LogP contribution in [0.5, 0.6) is 0 Å². The zero-order chi connectivity index (χ0) is 44.1. The summed E-state index contributed by atoms with van der Waals surface area (Å²) in [6, 6.07) is 82.2. The number of hydrogen-bond acceptors (Lipinski definition) is 3. The highest BCUT2D eigenvalue weighted by molar-refractivity contribution is 6.25. The van der Waals surface area contributed by atoms with Gasteiger partial charge in [0.15, 0.2) is 0 Å². The van der Waals surface area contributed by atoms with E-state index in [1.807, 2.05) is 24.5 Å². The first kappa shape index (κ1) is 37.6.